The molecular formula is C14H25NO2. The van der Waals surface area contributed by atoms with Gasteiger partial charge in [-0.3, -0.25) is 4.79 Å². The maximum Gasteiger partial charge on any atom is 0.326 e. The van der Waals surface area contributed by atoms with Gasteiger partial charge in [0.2, 0.25) is 0 Å². The van der Waals surface area contributed by atoms with E-state index in [1.807, 2.05) is 6.92 Å². The monoisotopic (exact) mass is 239 g/mol. The molecule has 17 heavy (non-hydrogen) atoms. The fraction of sp³-hybridized carbons (Fsp3) is 0.786. The number of carbonyl (C=O) groups excluding carboxylic acids is 1. The first-order chi connectivity index (χ1) is 8.21. The largest absolute Gasteiger partial charge is 0.465 e. The number of ether oxygens (including phenoxy) is 1. The Kier molecular flexibility index (Phi) is 5.69. The van der Waals surface area contributed by atoms with E-state index in [0.717, 1.165) is 32.2 Å². The smallest absolute Gasteiger partial charge is 0.326 e. The number of hydrogen-bond acceptors (Lipinski definition) is 3. The summed E-state index contributed by atoms with van der Waals surface area (Å²) in [5.41, 5.74) is -0.420. The average molecular weight is 239 g/mol. The van der Waals surface area contributed by atoms with Gasteiger partial charge in [0.15, 0.2) is 0 Å². The molecular weight excluding hydrogens is 214 g/mol. The summed E-state index contributed by atoms with van der Waals surface area (Å²) in [6.07, 6.45) is 8.42. The van der Waals surface area contributed by atoms with Crippen LogP contribution in [0.4, 0.5) is 0 Å². The molecule has 0 aliphatic heterocycles. The number of nitrogens with one attached hydrogen (secondary N) is 1. The molecule has 1 N–H and O–H groups in total. The van der Waals surface area contributed by atoms with Crippen LogP contribution in [0.25, 0.3) is 0 Å². The number of hydrogen-bond donors (Lipinski definition) is 1. The molecule has 0 amide bonds. The zero-order valence-electron chi connectivity index (χ0n) is 11.3. The highest BCUT2D eigenvalue weighted by molar-refractivity contribution is 5.85. The highest BCUT2D eigenvalue weighted by Crippen LogP contribution is 2.45. The molecule has 2 atom stereocenters. The molecule has 3 nitrogen and oxygen atoms in total. The summed E-state index contributed by atoms with van der Waals surface area (Å²) in [7, 11) is 0. The molecule has 1 aliphatic carbocycles. The fourth-order valence-electron chi connectivity index (χ4n) is 2.08. The highest BCUT2D eigenvalue weighted by atomic mass is 16.5. The molecule has 0 aromatic carbocycles. The Labute approximate surface area is 105 Å². The quantitative estimate of drug-likeness (QED) is 0.402. The van der Waals surface area contributed by atoms with E-state index >= 15 is 0 Å². The van der Waals surface area contributed by atoms with Crippen molar-refractivity contribution in [2.45, 2.75) is 52.0 Å². The summed E-state index contributed by atoms with van der Waals surface area (Å²) in [6, 6.07) is 0. The van der Waals surface area contributed by atoms with Crippen LogP contribution in [0.3, 0.4) is 0 Å². The van der Waals surface area contributed by atoms with Crippen molar-refractivity contribution in [3.63, 3.8) is 0 Å². The first kappa shape index (κ1) is 14.2. The van der Waals surface area contributed by atoms with Crippen molar-refractivity contribution in [1.29, 1.82) is 0 Å². The zero-order chi connectivity index (χ0) is 12.7. The molecule has 0 heterocycles. The fourth-order valence-corrected chi connectivity index (χ4v) is 2.08. The van der Waals surface area contributed by atoms with Crippen molar-refractivity contribution in [2.24, 2.45) is 5.92 Å². The minimum absolute atomic E-state index is 0.0816. The summed E-state index contributed by atoms with van der Waals surface area (Å²) in [6.45, 7) is 7.47. The lowest BCUT2D eigenvalue weighted by Gasteiger charge is -2.16. The van der Waals surface area contributed by atoms with Crippen LogP contribution >= 0.6 is 0 Å². The van der Waals surface area contributed by atoms with Crippen LogP contribution in [0, 0.1) is 5.92 Å². The number of unbranched alkanes of at least 4 members (excludes halogenated alkanes) is 1. The van der Waals surface area contributed by atoms with E-state index in [-0.39, 0.29) is 5.97 Å². The summed E-state index contributed by atoms with van der Waals surface area (Å²) in [4.78, 5) is 12.0. The van der Waals surface area contributed by atoms with Crippen LogP contribution in [0.5, 0.6) is 0 Å². The predicted octanol–water partition coefficient (Wildman–Crippen LogP) is 2.66. The van der Waals surface area contributed by atoms with Gasteiger partial charge in [-0.1, -0.05) is 32.4 Å². The first-order valence-corrected chi connectivity index (χ1v) is 6.80. The standard InChI is InChI=1S/C14H25NO2/c1-4-7-9-12-11-14(12,13(16)17-6-3)15-10-8-5-2/h7,9,12,15H,4-6,8,10-11H2,1-3H3. The Hall–Kier alpha value is -0.830. The molecule has 1 rings (SSSR count). The number of allylic oxidation sites excluding steroid dienone is 1. The van der Waals surface area contributed by atoms with Crippen LogP contribution in [-0.4, -0.2) is 24.7 Å². The van der Waals surface area contributed by atoms with Crippen LogP contribution in [-0.2, 0) is 9.53 Å². The third-order valence-electron chi connectivity index (χ3n) is 3.23. The molecule has 0 saturated heterocycles. The Morgan fingerprint density at radius 3 is 2.82 bits per heavy atom. The second-order valence-corrected chi connectivity index (χ2v) is 4.62. The topological polar surface area (TPSA) is 38.3 Å². The molecule has 2 unspecified atom stereocenters. The number of esters is 1. The molecule has 1 fully saturated rings. The van der Waals surface area contributed by atoms with Gasteiger partial charge in [-0.15, -0.1) is 0 Å². The van der Waals surface area contributed by atoms with Crippen molar-refractivity contribution in [3.8, 4) is 0 Å². The first-order valence-electron chi connectivity index (χ1n) is 6.80. The molecule has 0 radical (unpaired) electrons. The SMILES string of the molecule is CCC=CC1CC1(NCCCC)C(=O)OCC. The van der Waals surface area contributed by atoms with Crippen molar-refractivity contribution < 1.29 is 9.53 Å². The van der Waals surface area contributed by atoms with Gasteiger partial charge in [-0.2, -0.15) is 0 Å². The van der Waals surface area contributed by atoms with Gasteiger partial charge in [-0.25, -0.2) is 0 Å². The summed E-state index contributed by atoms with van der Waals surface area (Å²) >= 11 is 0. The summed E-state index contributed by atoms with van der Waals surface area (Å²) in [5, 5.41) is 3.39. The summed E-state index contributed by atoms with van der Waals surface area (Å²) < 4.78 is 5.17. The number of carbonyl (C=O) groups is 1. The molecule has 0 spiro atoms. The van der Waals surface area contributed by atoms with E-state index in [0.29, 0.717) is 12.5 Å². The minimum atomic E-state index is -0.420. The maximum absolute atomic E-state index is 12.0. The minimum Gasteiger partial charge on any atom is -0.465 e. The lowest BCUT2D eigenvalue weighted by molar-refractivity contribution is -0.147. The van der Waals surface area contributed by atoms with Crippen LogP contribution in [0.1, 0.15) is 46.5 Å². The molecule has 98 valence electrons. The lowest BCUT2D eigenvalue weighted by atomic mass is 10.1. The van der Waals surface area contributed by atoms with E-state index in [1.54, 1.807) is 0 Å². The zero-order valence-corrected chi connectivity index (χ0v) is 11.3. The van der Waals surface area contributed by atoms with Gasteiger partial charge in [0.1, 0.15) is 5.54 Å². The third kappa shape index (κ3) is 3.56. The van der Waals surface area contributed by atoms with Gasteiger partial charge >= 0.3 is 5.97 Å². The highest BCUT2D eigenvalue weighted by Gasteiger charge is 2.59. The predicted molar refractivity (Wildman–Crippen MR) is 69.8 cm³/mol. The van der Waals surface area contributed by atoms with Crippen molar-refractivity contribution in [3.05, 3.63) is 12.2 Å². The van der Waals surface area contributed by atoms with Crippen molar-refractivity contribution in [2.75, 3.05) is 13.2 Å². The Morgan fingerprint density at radius 1 is 1.47 bits per heavy atom. The van der Waals surface area contributed by atoms with E-state index in [4.69, 9.17) is 4.74 Å². The summed E-state index contributed by atoms with van der Waals surface area (Å²) in [5.74, 6) is 0.236. The van der Waals surface area contributed by atoms with Gasteiger partial charge in [-0.05, 0) is 32.7 Å². The van der Waals surface area contributed by atoms with Gasteiger partial charge < -0.3 is 10.1 Å². The molecule has 0 bridgehead atoms. The van der Waals surface area contributed by atoms with Crippen molar-refractivity contribution >= 4 is 5.97 Å². The van der Waals surface area contributed by atoms with E-state index in [1.165, 1.54) is 0 Å². The average Bonchev–Trinajstić information content (AvgIpc) is 3.02. The van der Waals surface area contributed by atoms with Crippen LogP contribution in [0.2, 0.25) is 0 Å². The second kappa shape index (κ2) is 6.80. The van der Waals surface area contributed by atoms with Crippen molar-refractivity contribution in [1.82, 2.24) is 5.32 Å². The van der Waals surface area contributed by atoms with E-state index in [9.17, 15) is 4.79 Å². The van der Waals surface area contributed by atoms with Gasteiger partial charge in [0.05, 0.1) is 6.61 Å². The van der Waals surface area contributed by atoms with E-state index in [2.05, 4.69) is 31.3 Å². The third-order valence-corrected chi connectivity index (χ3v) is 3.23. The second-order valence-electron chi connectivity index (χ2n) is 4.62. The Morgan fingerprint density at radius 2 is 2.24 bits per heavy atom. The molecule has 0 aromatic heterocycles. The number of rotatable bonds is 8. The normalized spacial score (nSPS) is 27.4. The molecule has 3 heteroatoms. The lowest BCUT2D eigenvalue weighted by Crippen LogP contribution is -2.42. The molecule has 0 aromatic rings. The maximum atomic E-state index is 12.0. The molecule has 1 aliphatic rings. The Bertz CT molecular complexity index is 275. The van der Waals surface area contributed by atoms with E-state index < -0.39 is 5.54 Å². The van der Waals surface area contributed by atoms with Gasteiger partial charge in [0, 0.05) is 5.92 Å². The van der Waals surface area contributed by atoms with Crippen LogP contribution in [0.15, 0.2) is 12.2 Å². The van der Waals surface area contributed by atoms with Gasteiger partial charge in [0.25, 0.3) is 0 Å². The Balaban J connectivity index is 2.55. The van der Waals surface area contributed by atoms with Crippen LogP contribution < -0.4 is 5.32 Å². The molecule has 1 saturated carbocycles.